The summed E-state index contributed by atoms with van der Waals surface area (Å²) in [6.45, 7) is 7.26. The average Bonchev–Trinajstić information content (AvgIpc) is 3.90. The maximum absolute atomic E-state index is 14.9. The quantitative estimate of drug-likeness (QED) is 0.222. The number of piperidine rings is 1. The van der Waals surface area contributed by atoms with Crippen LogP contribution in [0, 0.1) is 5.92 Å². The van der Waals surface area contributed by atoms with Gasteiger partial charge in [0.15, 0.2) is 6.61 Å². The number of rotatable bonds is 9. The molecule has 48 heavy (non-hydrogen) atoms. The molecule has 1 saturated carbocycles. The molecule has 0 radical (unpaired) electrons. The first-order valence-electron chi connectivity index (χ1n) is 16.8. The lowest BCUT2D eigenvalue weighted by Crippen LogP contribution is -2.51. The van der Waals surface area contributed by atoms with Gasteiger partial charge in [-0.05, 0) is 99.4 Å². The van der Waals surface area contributed by atoms with Crippen LogP contribution in [0.15, 0.2) is 66.7 Å². The molecule has 0 N–H and O–H groups in total. The number of nitrogens with zero attached hydrogens (tertiary/aromatic N) is 3. The zero-order valence-electron chi connectivity index (χ0n) is 28.1. The molecule has 3 aliphatic rings. The van der Waals surface area contributed by atoms with Crippen LogP contribution in [0.3, 0.4) is 0 Å². The number of likely N-dealkylation sites (tertiary alicyclic amines) is 1. The zero-order valence-corrected chi connectivity index (χ0v) is 28.9. The molecule has 6 rings (SSSR count). The summed E-state index contributed by atoms with van der Waals surface area (Å²) in [5.41, 5.74) is 3.85. The molecule has 2 fully saturated rings. The molecule has 1 aliphatic carbocycles. The van der Waals surface area contributed by atoms with Gasteiger partial charge in [0.1, 0.15) is 11.4 Å². The Morgan fingerprint density at radius 1 is 1.00 bits per heavy atom. The molecule has 254 valence electrons. The number of halogens is 1. The SMILES string of the molecule is COCCCN1C(=O)COc2ccc(N(C(=O)C3CN(C(=O)OC(C)(C)C)CC[C@@H]3c3cccc(-c4ccc(Cl)cc4)c3)C3CC3)cc21. The van der Waals surface area contributed by atoms with Crippen molar-refractivity contribution in [2.45, 2.75) is 64.0 Å². The first kappa shape index (κ1) is 33.8. The van der Waals surface area contributed by atoms with Gasteiger partial charge in [0.2, 0.25) is 5.91 Å². The van der Waals surface area contributed by atoms with Crippen molar-refractivity contribution in [3.8, 4) is 16.9 Å². The van der Waals surface area contributed by atoms with Crippen LogP contribution in [0.4, 0.5) is 16.2 Å². The summed E-state index contributed by atoms with van der Waals surface area (Å²) in [4.78, 5) is 46.5. The van der Waals surface area contributed by atoms with Crippen molar-refractivity contribution in [3.05, 3.63) is 77.3 Å². The Morgan fingerprint density at radius 2 is 1.77 bits per heavy atom. The fraction of sp³-hybridized carbons (Fsp3) is 0.447. The summed E-state index contributed by atoms with van der Waals surface area (Å²) < 4.78 is 16.8. The highest BCUT2D eigenvalue weighted by molar-refractivity contribution is 6.30. The Hall–Kier alpha value is -4.08. The van der Waals surface area contributed by atoms with Crippen molar-refractivity contribution in [1.29, 1.82) is 0 Å². The van der Waals surface area contributed by atoms with Crippen LogP contribution < -0.4 is 14.5 Å². The van der Waals surface area contributed by atoms with Gasteiger partial charge >= 0.3 is 6.09 Å². The van der Waals surface area contributed by atoms with E-state index in [1.807, 2.05) is 74.2 Å². The maximum Gasteiger partial charge on any atom is 0.410 e. The van der Waals surface area contributed by atoms with Gasteiger partial charge in [0, 0.05) is 50.1 Å². The molecule has 0 aromatic heterocycles. The second kappa shape index (κ2) is 14.2. The minimum atomic E-state index is -0.655. The molecule has 2 aliphatic heterocycles. The molecule has 3 amide bonds. The van der Waals surface area contributed by atoms with Gasteiger partial charge in [0.25, 0.3) is 5.91 Å². The van der Waals surface area contributed by atoms with Gasteiger partial charge in [0.05, 0.1) is 11.6 Å². The molecule has 3 aromatic carbocycles. The van der Waals surface area contributed by atoms with Crippen molar-refractivity contribution in [2.24, 2.45) is 5.92 Å². The molecular formula is C38H44ClN3O6. The first-order chi connectivity index (χ1) is 23.0. The number of benzene rings is 3. The second-order valence-electron chi connectivity index (χ2n) is 13.8. The molecule has 0 bridgehead atoms. The number of ether oxygens (including phenoxy) is 3. The van der Waals surface area contributed by atoms with E-state index in [1.54, 1.807) is 16.9 Å². The standard InChI is InChI=1S/C38H44ClN3O6/c1-38(2,3)48-37(45)40-19-17-31(27-8-5-7-26(21-27)25-9-11-28(39)12-10-25)32(23-40)36(44)42(29-13-14-29)30-15-16-34-33(22-30)41(18-6-20-46-4)35(43)24-47-34/h5,7-12,15-16,21-22,29,31-32H,6,13-14,17-20,23-24H2,1-4H3/t31-,32?/m1/s1. The Kier molecular flexibility index (Phi) is 9.99. The third kappa shape index (κ3) is 7.63. The predicted molar refractivity (Wildman–Crippen MR) is 187 cm³/mol. The topological polar surface area (TPSA) is 88.6 Å². The average molecular weight is 674 g/mol. The van der Waals surface area contributed by atoms with Crippen LogP contribution in [-0.4, -0.2) is 74.4 Å². The second-order valence-corrected chi connectivity index (χ2v) is 14.3. The van der Waals surface area contributed by atoms with Crippen molar-refractivity contribution in [2.75, 3.05) is 49.8 Å². The Balaban J connectivity index is 1.35. The van der Waals surface area contributed by atoms with Crippen LogP contribution in [0.5, 0.6) is 5.75 Å². The Labute approximate surface area is 287 Å². The van der Waals surface area contributed by atoms with E-state index in [2.05, 4.69) is 18.2 Å². The molecule has 2 heterocycles. The summed E-state index contributed by atoms with van der Waals surface area (Å²) in [6, 6.07) is 21.7. The molecule has 1 unspecified atom stereocenters. The van der Waals surface area contributed by atoms with Crippen molar-refractivity contribution in [3.63, 3.8) is 0 Å². The van der Waals surface area contributed by atoms with Gasteiger partial charge in [-0.15, -0.1) is 0 Å². The Bertz CT molecular complexity index is 1650. The monoisotopic (exact) mass is 673 g/mol. The third-order valence-corrected chi connectivity index (χ3v) is 9.37. The van der Waals surface area contributed by atoms with E-state index in [9.17, 15) is 14.4 Å². The highest BCUT2D eigenvalue weighted by atomic mass is 35.5. The van der Waals surface area contributed by atoms with Gasteiger partial charge in [-0.3, -0.25) is 9.59 Å². The van der Waals surface area contributed by atoms with E-state index in [4.69, 9.17) is 25.8 Å². The van der Waals surface area contributed by atoms with E-state index in [0.717, 1.165) is 35.2 Å². The number of methoxy groups -OCH3 is 1. The fourth-order valence-corrected chi connectivity index (χ4v) is 6.79. The van der Waals surface area contributed by atoms with Gasteiger partial charge in [-0.1, -0.05) is 48.0 Å². The summed E-state index contributed by atoms with van der Waals surface area (Å²) >= 11 is 6.16. The first-order valence-corrected chi connectivity index (χ1v) is 17.1. The number of amides is 3. The van der Waals surface area contributed by atoms with Gasteiger partial charge in [-0.2, -0.15) is 0 Å². The molecular weight excluding hydrogens is 630 g/mol. The maximum atomic E-state index is 14.9. The zero-order chi connectivity index (χ0) is 34.0. The van der Waals surface area contributed by atoms with Gasteiger partial charge < -0.3 is 28.9 Å². The summed E-state index contributed by atoms with van der Waals surface area (Å²) in [7, 11) is 1.64. The Morgan fingerprint density at radius 3 is 2.48 bits per heavy atom. The number of carbonyl (C=O) groups excluding carboxylic acids is 3. The number of carbonyl (C=O) groups is 3. The largest absolute Gasteiger partial charge is 0.482 e. The molecule has 0 spiro atoms. The smallest absolute Gasteiger partial charge is 0.410 e. The van der Waals surface area contributed by atoms with E-state index in [-0.39, 0.29) is 36.9 Å². The van der Waals surface area contributed by atoms with E-state index in [1.165, 1.54) is 0 Å². The molecule has 10 heteroatoms. The van der Waals surface area contributed by atoms with Crippen LogP contribution in [0.25, 0.3) is 11.1 Å². The number of anilines is 2. The number of hydrogen-bond donors (Lipinski definition) is 0. The summed E-state index contributed by atoms with van der Waals surface area (Å²) in [6.07, 6.45) is 2.64. The van der Waals surface area contributed by atoms with E-state index >= 15 is 0 Å². The van der Waals surface area contributed by atoms with Crippen molar-refractivity contribution in [1.82, 2.24) is 4.90 Å². The lowest BCUT2D eigenvalue weighted by molar-refractivity contribution is -0.124. The van der Waals surface area contributed by atoms with E-state index < -0.39 is 17.6 Å². The lowest BCUT2D eigenvalue weighted by Gasteiger charge is -2.41. The molecule has 1 saturated heterocycles. The highest BCUT2D eigenvalue weighted by Gasteiger charge is 2.44. The predicted octanol–water partition coefficient (Wildman–Crippen LogP) is 7.31. The van der Waals surface area contributed by atoms with E-state index in [0.29, 0.717) is 49.0 Å². The van der Waals surface area contributed by atoms with Gasteiger partial charge in [-0.25, -0.2) is 4.79 Å². The third-order valence-electron chi connectivity index (χ3n) is 9.12. The van der Waals surface area contributed by atoms with Crippen LogP contribution in [0.2, 0.25) is 5.02 Å². The fourth-order valence-electron chi connectivity index (χ4n) is 6.67. The molecule has 9 nitrogen and oxygen atoms in total. The highest BCUT2D eigenvalue weighted by Crippen LogP contribution is 2.43. The minimum Gasteiger partial charge on any atom is -0.482 e. The molecule has 2 atom stereocenters. The van der Waals surface area contributed by atoms with Crippen LogP contribution in [-0.2, 0) is 19.1 Å². The van der Waals surface area contributed by atoms with Crippen molar-refractivity contribution < 1.29 is 28.6 Å². The number of fused-ring (bicyclic) bond motifs is 1. The van der Waals surface area contributed by atoms with Crippen LogP contribution >= 0.6 is 11.6 Å². The number of hydrogen-bond acceptors (Lipinski definition) is 6. The lowest BCUT2D eigenvalue weighted by atomic mass is 9.79. The minimum absolute atomic E-state index is 0.0239. The normalized spacial score (nSPS) is 19.4. The molecule has 3 aromatic rings. The summed E-state index contributed by atoms with van der Waals surface area (Å²) in [5, 5.41) is 0.673. The summed E-state index contributed by atoms with van der Waals surface area (Å²) in [5.74, 6) is -0.191. The van der Waals surface area contributed by atoms with Crippen LogP contribution in [0.1, 0.15) is 57.9 Å². The van der Waals surface area contributed by atoms with Crippen molar-refractivity contribution >= 4 is 40.9 Å².